The molecule has 0 amide bonds. The molecule has 0 aromatic carbocycles. The Morgan fingerprint density at radius 3 is 2.06 bits per heavy atom. The molecule has 4 aliphatic rings. The predicted molar refractivity (Wildman–Crippen MR) is 68.2 cm³/mol. The number of rotatable bonds is 2. The molecule has 0 radical (unpaired) electrons. The normalized spacial score (nSPS) is 44.2. The molecule has 0 unspecified atom stereocenters. The molecule has 2 nitrogen and oxygen atoms in total. The highest BCUT2D eigenvalue weighted by atomic mass is 35.5. The predicted octanol–water partition coefficient (Wildman–Crippen LogP) is 3.54. The van der Waals surface area contributed by atoms with E-state index in [9.17, 15) is 0 Å². The van der Waals surface area contributed by atoms with E-state index >= 15 is 0 Å². The third kappa shape index (κ3) is 1.95. The lowest BCUT2D eigenvalue weighted by Gasteiger charge is -2.57. The summed E-state index contributed by atoms with van der Waals surface area (Å²) in [5.41, 5.74) is 1.13. The largest absolute Gasteiger partial charge is 0.381 e. The fourth-order valence-electron chi connectivity index (χ4n) is 4.80. The van der Waals surface area contributed by atoms with Crippen molar-refractivity contribution >= 4 is 11.6 Å². The van der Waals surface area contributed by atoms with Gasteiger partial charge in [-0.2, -0.15) is 5.26 Å². The maximum absolute atomic E-state index is 8.84. The van der Waals surface area contributed by atoms with Crippen LogP contribution in [0.1, 0.15) is 45.4 Å². The van der Waals surface area contributed by atoms with E-state index in [4.69, 9.17) is 16.9 Å². The molecule has 4 bridgehead atoms. The van der Waals surface area contributed by atoms with Crippen LogP contribution in [-0.4, -0.2) is 5.54 Å². The van der Waals surface area contributed by atoms with Crippen LogP contribution in [0.4, 0.5) is 0 Å². The molecule has 0 saturated heterocycles. The minimum atomic E-state index is 0.260. The molecule has 0 aromatic heterocycles. The van der Waals surface area contributed by atoms with Crippen molar-refractivity contribution in [2.24, 2.45) is 17.8 Å². The Morgan fingerprint density at radius 2 is 1.65 bits per heavy atom. The summed E-state index contributed by atoms with van der Waals surface area (Å²) < 4.78 is 0. The van der Waals surface area contributed by atoms with Gasteiger partial charge in [-0.25, -0.2) is 0 Å². The molecule has 0 atom stereocenters. The summed E-state index contributed by atoms with van der Waals surface area (Å²) in [5, 5.41) is 12.8. The Bertz CT molecular complexity index is 370. The first-order valence-corrected chi connectivity index (χ1v) is 7.03. The average Bonchev–Trinajstić information content (AvgIpc) is 2.25. The van der Waals surface area contributed by atoms with Gasteiger partial charge >= 0.3 is 0 Å². The highest BCUT2D eigenvalue weighted by Gasteiger charge is 2.50. The molecule has 1 N–H and O–H groups in total. The summed E-state index contributed by atoms with van der Waals surface area (Å²) in [6, 6.07) is 2.03. The molecule has 3 heteroatoms. The van der Waals surface area contributed by atoms with E-state index in [-0.39, 0.29) is 5.54 Å². The van der Waals surface area contributed by atoms with Crippen LogP contribution in [0.5, 0.6) is 0 Å². The number of halogens is 1. The number of nitrogens with zero attached hydrogens (tertiary/aromatic N) is 1. The lowest BCUT2D eigenvalue weighted by atomic mass is 9.53. The fourth-order valence-corrected chi connectivity index (χ4v) is 4.85. The van der Waals surface area contributed by atoms with Crippen LogP contribution in [0.2, 0.25) is 0 Å². The van der Waals surface area contributed by atoms with Gasteiger partial charge in [0.25, 0.3) is 0 Å². The highest BCUT2D eigenvalue weighted by molar-refractivity contribution is 6.32. The molecule has 92 valence electrons. The molecule has 4 aliphatic carbocycles. The zero-order chi connectivity index (χ0) is 12.0. The molecule has 0 spiro atoms. The number of hydrogen-bond acceptors (Lipinski definition) is 2. The van der Waals surface area contributed by atoms with E-state index < -0.39 is 0 Å². The highest BCUT2D eigenvalue weighted by Crippen LogP contribution is 2.55. The zero-order valence-electron chi connectivity index (χ0n) is 10.3. The van der Waals surface area contributed by atoms with Crippen molar-refractivity contribution in [1.82, 2.24) is 5.32 Å². The van der Waals surface area contributed by atoms with E-state index in [2.05, 4.69) is 5.32 Å². The van der Waals surface area contributed by atoms with Crippen LogP contribution in [0.15, 0.2) is 10.7 Å². The first-order valence-electron chi connectivity index (χ1n) is 6.65. The van der Waals surface area contributed by atoms with Crippen LogP contribution < -0.4 is 5.32 Å². The Labute approximate surface area is 108 Å². The molecule has 0 aromatic rings. The van der Waals surface area contributed by atoms with Crippen LogP contribution in [0.25, 0.3) is 0 Å². The maximum atomic E-state index is 8.84. The van der Waals surface area contributed by atoms with E-state index in [0.717, 1.165) is 23.5 Å². The molecular weight excluding hydrogens is 232 g/mol. The summed E-state index contributed by atoms with van der Waals surface area (Å²) >= 11 is 5.91. The maximum Gasteiger partial charge on any atom is 0.136 e. The zero-order valence-corrected chi connectivity index (χ0v) is 11.1. The van der Waals surface area contributed by atoms with Crippen molar-refractivity contribution in [2.45, 2.75) is 51.0 Å². The van der Waals surface area contributed by atoms with Gasteiger partial charge in [0, 0.05) is 11.2 Å². The molecular formula is C14H19ClN2. The van der Waals surface area contributed by atoms with Gasteiger partial charge in [0.05, 0.1) is 0 Å². The second kappa shape index (κ2) is 3.92. The lowest BCUT2D eigenvalue weighted by molar-refractivity contribution is -0.0147. The van der Waals surface area contributed by atoms with Crippen molar-refractivity contribution in [1.29, 1.82) is 5.26 Å². The van der Waals surface area contributed by atoms with E-state index in [1.165, 1.54) is 38.5 Å². The molecule has 17 heavy (non-hydrogen) atoms. The Balaban J connectivity index is 1.81. The summed E-state index contributed by atoms with van der Waals surface area (Å²) in [4.78, 5) is 0. The first-order chi connectivity index (χ1) is 8.10. The van der Waals surface area contributed by atoms with Crippen molar-refractivity contribution in [3.05, 3.63) is 10.7 Å². The van der Waals surface area contributed by atoms with Gasteiger partial charge in [-0.1, -0.05) is 11.6 Å². The van der Waals surface area contributed by atoms with Gasteiger partial charge in [-0.15, -0.1) is 0 Å². The van der Waals surface area contributed by atoms with Crippen molar-refractivity contribution in [3.8, 4) is 6.07 Å². The van der Waals surface area contributed by atoms with Gasteiger partial charge < -0.3 is 5.32 Å². The van der Waals surface area contributed by atoms with E-state index in [1.54, 1.807) is 0 Å². The van der Waals surface area contributed by atoms with Gasteiger partial charge in [-0.3, -0.25) is 0 Å². The van der Waals surface area contributed by atoms with Crippen molar-refractivity contribution < 1.29 is 0 Å². The summed E-state index contributed by atoms with van der Waals surface area (Å²) in [6.45, 7) is 1.93. The van der Waals surface area contributed by atoms with Gasteiger partial charge in [0.15, 0.2) is 0 Å². The lowest BCUT2D eigenvalue weighted by Crippen LogP contribution is -2.57. The third-order valence-corrected chi connectivity index (χ3v) is 5.29. The second-order valence-electron chi connectivity index (χ2n) is 6.37. The Hall–Kier alpha value is -0.680. The number of allylic oxidation sites excluding steroid dienone is 2. The van der Waals surface area contributed by atoms with E-state index in [0.29, 0.717) is 5.03 Å². The van der Waals surface area contributed by atoms with E-state index in [1.807, 2.05) is 13.0 Å². The summed E-state index contributed by atoms with van der Waals surface area (Å²) in [7, 11) is 0. The molecule has 4 saturated carbocycles. The van der Waals surface area contributed by atoms with Crippen LogP contribution >= 0.6 is 11.6 Å². The van der Waals surface area contributed by atoms with Crippen molar-refractivity contribution in [2.75, 3.05) is 0 Å². The number of nitrogens with one attached hydrogen (secondary N) is 1. The Kier molecular flexibility index (Phi) is 2.63. The van der Waals surface area contributed by atoms with Crippen LogP contribution in [0.3, 0.4) is 0 Å². The molecule has 4 fully saturated rings. The Morgan fingerprint density at radius 1 is 1.18 bits per heavy atom. The minimum absolute atomic E-state index is 0.260. The topological polar surface area (TPSA) is 35.8 Å². The third-order valence-electron chi connectivity index (χ3n) is 4.92. The molecule has 4 rings (SSSR count). The number of hydrogen-bond donors (Lipinski definition) is 1. The first kappa shape index (κ1) is 11.4. The molecule has 0 aliphatic heterocycles. The number of nitriles is 1. The van der Waals surface area contributed by atoms with Gasteiger partial charge in [0.1, 0.15) is 11.1 Å². The smallest absolute Gasteiger partial charge is 0.136 e. The monoisotopic (exact) mass is 250 g/mol. The standard InChI is InChI=1S/C14H19ClN2/c1-9(13(15)8-16)17-14-5-10-2-11(6-14)4-12(3-10)7-14/h10-12,17H,2-7H2,1H3/b13-9-. The van der Waals surface area contributed by atoms with Crippen LogP contribution in [-0.2, 0) is 0 Å². The summed E-state index contributed by atoms with van der Waals surface area (Å²) in [5.74, 6) is 2.76. The average molecular weight is 251 g/mol. The van der Waals surface area contributed by atoms with Crippen LogP contribution in [0, 0.1) is 29.1 Å². The van der Waals surface area contributed by atoms with Crippen molar-refractivity contribution in [3.63, 3.8) is 0 Å². The SMILES string of the molecule is C/C(NC12CC3CC(CC(C3)C1)C2)=C(/Cl)C#N. The second-order valence-corrected chi connectivity index (χ2v) is 6.75. The van der Waals surface area contributed by atoms with Gasteiger partial charge in [-0.05, 0) is 63.2 Å². The summed E-state index contributed by atoms with van der Waals surface area (Å²) in [6.07, 6.45) is 8.17. The quantitative estimate of drug-likeness (QED) is 0.761. The molecule has 0 heterocycles. The van der Waals surface area contributed by atoms with Gasteiger partial charge in [0.2, 0.25) is 0 Å². The fraction of sp³-hybridized carbons (Fsp3) is 0.786. The minimum Gasteiger partial charge on any atom is -0.381 e.